The average Bonchev–Trinajstić information content (AvgIpc) is 2.66. The molecular weight excluding hydrogens is 246 g/mol. The fourth-order valence-electron chi connectivity index (χ4n) is 2.23. The van der Waals surface area contributed by atoms with Crippen LogP contribution in [0.15, 0.2) is 10.5 Å². The fourth-order valence-corrected chi connectivity index (χ4v) is 2.23. The lowest BCUT2D eigenvalue weighted by atomic mass is 9.82. The van der Waals surface area contributed by atoms with Gasteiger partial charge in [-0.25, -0.2) is 4.79 Å². The quantitative estimate of drug-likeness (QED) is 0.828. The van der Waals surface area contributed by atoms with Crippen molar-refractivity contribution >= 4 is 11.9 Å². The van der Waals surface area contributed by atoms with Crippen molar-refractivity contribution in [3.63, 3.8) is 0 Å². The third-order valence-corrected chi connectivity index (χ3v) is 3.66. The molecule has 1 amide bonds. The Labute approximate surface area is 112 Å². The predicted octanol–water partition coefficient (Wildman–Crippen LogP) is 2.48. The maximum absolute atomic E-state index is 11.6. The van der Waals surface area contributed by atoms with E-state index in [0.29, 0.717) is 17.9 Å². The summed E-state index contributed by atoms with van der Waals surface area (Å²) in [5.74, 6) is 0.551. The molecule has 0 radical (unpaired) electrons. The molecule has 0 spiro atoms. The molecule has 2 N–H and O–H groups in total. The molecule has 0 atom stereocenters. The number of aromatic carboxylic acids is 1. The van der Waals surface area contributed by atoms with E-state index in [9.17, 15) is 9.59 Å². The van der Waals surface area contributed by atoms with Gasteiger partial charge in [-0.3, -0.25) is 4.79 Å². The third-order valence-electron chi connectivity index (χ3n) is 3.66. The molecule has 1 aromatic heterocycles. The third kappa shape index (κ3) is 3.59. The first-order valence-electron chi connectivity index (χ1n) is 6.65. The van der Waals surface area contributed by atoms with Crippen LogP contribution in [0.3, 0.4) is 0 Å². The first-order valence-corrected chi connectivity index (χ1v) is 6.65. The zero-order valence-corrected chi connectivity index (χ0v) is 11.1. The Morgan fingerprint density at radius 3 is 2.74 bits per heavy atom. The minimum absolute atomic E-state index is 0.00201. The van der Waals surface area contributed by atoms with Gasteiger partial charge in [0.25, 0.3) is 0 Å². The summed E-state index contributed by atoms with van der Waals surface area (Å²) >= 11 is 0. The molecule has 19 heavy (non-hydrogen) atoms. The smallest absolute Gasteiger partial charge is 0.339 e. The summed E-state index contributed by atoms with van der Waals surface area (Å²) in [6.07, 6.45) is 5.26. The number of amides is 1. The van der Waals surface area contributed by atoms with E-state index in [1.807, 2.05) is 0 Å². The van der Waals surface area contributed by atoms with Crippen LogP contribution < -0.4 is 5.32 Å². The topological polar surface area (TPSA) is 79.5 Å². The van der Waals surface area contributed by atoms with Gasteiger partial charge in [0, 0.05) is 6.42 Å². The van der Waals surface area contributed by atoms with E-state index >= 15 is 0 Å². The van der Waals surface area contributed by atoms with Crippen molar-refractivity contribution in [3.05, 3.63) is 23.2 Å². The minimum atomic E-state index is -1.01. The van der Waals surface area contributed by atoms with Crippen LogP contribution in [-0.4, -0.2) is 17.0 Å². The van der Waals surface area contributed by atoms with Crippen LogP contribution in [0.25, 0.3) is 0 Å². The maximum Gasteiger partial charge on any atom is 0.339 e. The van der Waals surface area contributed by atoms with E-state index in [1.54, 1.807) is 6.92 Å². The summed E-state index contributed by atoms with van der Waals surface area (Å²) in [5, 5.41) is 11.6. The molecule has 2 rings (SSSR count). The average molecular weight is 265 g/mol. The standard InChI is InChI=1S/C14H19NO4/c1-9-12(14(17)18)7-11(19-9)8-15-13(16)6-5-10-3-2-4-10/h7,10H,2-6,8H2,1H3,(H,15,16)(H,17,18). The number of carboxylic acid groups (broad SMARTS) is 1. The number of rotatable bonds is 6. The van der Waals surface area contributed by atoms with Gasteiger partial charge in [0.1, 0.15) is 17.1 Å². The van der Waals surface area contributed by atoms with Gasteiger partial charge >= 0.3 is 5.97 Å². The van der Waals surface area contributed by atoms with Gasteiger partial charge in [0.15, 0.2) is 0 Å². The highest BCUT2D eigenvalue weighted by Crippen LogP contribution is 2.30. The second-order valence-corrected chi connectivity index (χ2v) is 5.10. The van der Waals surface area contributed by atoms with Crippen LogP contribution in [-0.2, 0) is 11.3 Å². The van der Waals surface area contributed by atoms with E-state index in [0.717, 1.165) is 12.3 Å². The van der Waals surface area contributed by atoms with E-state index in [1.165, 1.54) is 25.3 Å². The van der Waals surface area contributed by atoms with E-state index < -0.39 is 5.97 Å². The summed E-state index contributed by atoms with van der Waals surface area (Å²) in [6, 6.07) is 1.46. The van der Waals surface area contributed by atoms with Crippen molar-refractivity contribution in [1.29, 1.82) is 0 Å². The Kier molecular flexibility index (Phi) is 4.24. The Hall–Kier alpha value is -1.78. The van der Waals surface area contributed by atoms with Gasteiger partial charge in [0.2, 0.25) is 5.91 Å². The highest BCUT2D eigenvalue weighted by molar-refractivity contribution is 5.88. The van der Waals surface area contributed by atoms with Crippen LogP contribution in [0.2, 0.25) is 0 Å². The van der Waals surface area contributed by atoms with Gasteiger partial charge in [0.05, 0.1) is 6.54 Å². The summed E-state index contributed by atoms with van der Waals surface area (Å²) in [5.41, 5.74) is 0.152. The second-order valence-electron chi connectivity index (χ2n) is 5.10. The minimum Gasteiger partial charge on any atom is -0.478 e. The molecule has 104 valence electrons. The maximum atomic E-state index is 11.6. The summed E-state index contributed by atoms with van der Waals surface area (Å²) in [7, 11) is 0. The monoisotopic (exact) mass is 265 g/mol. The number of hydrogen-bond donors (Lipinski definition) is 2. The SMILES string of the molecule is Cc1oc(CNC(=O)CCC2CCC2)cc1C(=O)O. The molecule has 1 aromatic rings. The summed E-state index contributed by atoms with van der Waals surface area (Å²) in [4.78, 5) is 22.5. The van der Waals surface area contributed by atoms with Crippen LogP contribution in [0.1, 0.15) is 54.0 Å². The molecule has 0 saturated heterocycles. The summed E-state index contributed by atoms with van der Waals surface area (Å²) < 4.78 is 5.29. The van der Waals surface area contributed by atoms with Gasteiger partial charge in [-0.05, 0) is 25.3 Å². The Morgan fingerprint density at radius 2 is 2.21 bits per heavy atom. The molecule has 0 aromatic carbocycles. The number of carboxylic acids is 1. The first-order chi connectivity index (χ1) is 9.06. The number of carbonyl (C=O) groups is 2. The molecule has 0 bridgehead atoms. The van der Waals surface area contributed by atoms with Gasteiger partial charge in [-0.2, -0.15) is 0 Å². The number of nitrogens with one attached hydrogen (secondary N) is 1. The van der Waals surface area contributed by atoms with Crippen molar-refractivity contribution in [2.45, 2.75) is 45.6 Å². The van der Waals surface area contributed by atoms with Crippen molar-refractivity contribution in [3.8, 4) is 0 Å². The molecule has 1 aliphatic rings. The van der Waals surface area contributed by atoms with Crippen molar-refractivity contribution in [2.24, 2.45) is 5.92 Å². The molecule has 1 heterocycles. The van der Waals surface area contributed by atoms with Gasteiger partial charge in [-0.15, -0.1) is 0 Å². The van der Waals surface area contributed by atoms with Crippen LogP contribution in [0.4, 0.5) is 0 Å². The molecule has 1 aliphatic carbocycles. The number of aryl methyl sites for hydroxylation is 1. The Morgan fingerprint density at radius 1 is 1.47 bits per heavy atom. The number of furan rings is 1. The normalized spacial score (nSPS) is 15.0. The molecule has 5 nitrogen and oxygen atoms in total. The first kappa shape index (κ1) is 13.6. The molecule has 1 fully saturated rings. The van der Waals surface area contributed by atoms with Crippen molar-refractivity contribution in [1.82, 2.24) is 5.32 Å². The van der Waals surface area contributed by atoms with Gasteiger partial charge in [-0.1, -0.05) is 19.3 Å². The number of hydrogen-bond acceptors (Lipinski definition) is 3. The zero-order valence-electron chi connectivity index (χ0n) is 11.1. The van der Waals surface area contributed by atoms with Crippen molar-refractivity contribution in [2.75, 3.05) is 0 Å². The number of carbonyl (C=O) groups excluding carboxylic acids is 1. The lowest BCUT2D eigenvalue weighted by Gasteiger charge is -2.24. The highest BCUT2D eigenvalue weighted by atomic mass is 16.4. The molecule has 0 unspecified atom stereocenters. The summed E-state index contributed by atoms with van der Waals surface area (Å²) in [6.45, 7) is 1.85. The molecule has 5 heteroatoms. The molecule has 1 saturated carbocycles. The molecule has 0 aliphatic heterocycles. The van der Waals surface area contributed by atoms with Crippen LogP contribution in [0.5, 0.6) is 0 Å². The van der Waals surface area contributed by atoms with Crippen LogP contribution >= 0.6 is 0 Å². The molecular formula is C14H19NO4. The second kappa shape index (κ2) is 5.91. The largest absolute Gasteiger partial charge is 0.478 e. The lowest BCUT2D eigenvalue weighted by Crippen LogP contribution is -2.24. The lowest BCUT2D eigenvalue weighted by molar-refractivity contribution is -0.121. The van der Waals surface area contributed by atoms with Gasteiger partial charge < -0.3 is 14.8 Å². The zero-order chi connectivity index (χ0) is 13.8. The Bertz CT molecular complexity index is 474. The van der Waals surface area contributed by atoms with E-state index in [-0.39, 0.29) is 18.0 Å². The Balaban J connectivity index is 1.76. The van der Waals surface area contributed by atoms with E-state index in [2.05, 4.69) is 5.32 Å². The van der Waals surface area contributed by atoms with E-state index in [4.69, 9.17) is 9.52 Å². The van der Waals surface area contributed by atoms with Crippen molar-refractivity contribution < 1.29 is 19.1 Å². The fraction of sp³-hybridized carbons (Fsp3) is 0.571. The van der Waals surface area contributed by atoms with Crippen LogP contribution in [0, 0.1) is 12.8 Å². The highest BCUT2D eigenvalue weighted by Gasteiger charge is 2.18. The predicted molar refractivity (Wildman–Crippen MR) is 68.8 cm³/mol.